The van der Waals surface area contributed by atoms with Crippen LogP contribution < -0.4 is 25.7 Å². The quantitative estimate of drug-likeness (QED) is 0.0656. The number of aromatic nitrogens is 1. The third-order valence-corrected chi connectivity index (χ3v) is 7.72. The van der Waals surface area contributed by atoms with Gasteiger partial charge < -0.3 is 30.2 Å². The van der Waals surface area contributed by atoms with Gasteiger partial charge in [0.25, 0.3) is 0 Å². The van der Waals surface area contributed by atoms with E-state index in [0.29, 0.717) is 24.4 Å². The highest BCUT2D eigenvalue weighted by Gasteiger charge is 2.15. The number of unbranched alkanes of at least 4 members (excludes halogenated alkanes) is 1. The van der Waals surface area contributed by atoms with Gasteiger partial charge in [0, 0.05) is 34.9 Å². The van der Waals surface area contributed by atoms with Crippen LogP contribution in [0.25, 0.3) is 22.0 Å². The van der Waals surface area contributed by atoms with E-state index in [-0.39, 0.29) is 5.56 Å². The summed E-state index contributed by atoms with van der Waals surface area (Å²) < 4.78 is 11.6. The minimum Gasteiger partial charge on any atom is -0.496 e. The Morgan fingerprint density at radius 1 is 0.957 bits per heavy atom. The first kappa shape index (κ1) is 33.0. The first-order valence-corrected chi connectivity index (χ1v) is 15.8. The first-order valence-electron chi connectivity index (χ1n) is 15.8. The highest BCUT2D eigenvalue weighted by Crippen LogP contribution is 2.33. The molecule has 5 aromatic rings. The standard InChI is InChI=1S/C40H41N3O4/c1-3-13-31(42-32-19-22-37(46-2)35(26-32)30-16-9-5-10-17-30)18-11-6-12-25-41-27-36(44)33-20-23-38(40-34(33)21-24-39(45)43-40)47-28-29-14-7-4-8-15-29/h3-5,7-11,13-24,26,36,41-42,44H,1,6,12,25,27-28H2,2H3,(H,43,45)/b18-11-,31-13+. The number of hydrogen-bond donors (Lipinski definition) is 4. The van der Waals surface area contributed by atoms with Gasteiger partial charge in [-0.2, -0.15) is 0 Å². The largest absolute Gasteiger partial charge is 0.496 e. The van der Waals surface area contributed by atoms with Crippen LogP contribution in [0.5, 0.6) is 11.5 Å². The van der Waals surface area contributed by atoms with Crippen molar-refractivity contribution in [1.82, 2.24) is 10.3 Å². The molecule has 7 heteroatoms. The predicted octanol–water partition coefficient (Wildman–Crippen LogP) is 7.92. The molecule has 1 atom stereocenters. The van der Waals surface area contributed by atoms with Crippen LogP contribution in [-0.4, -0.2) is 30.3 Å². The smallest absolute Gasteiger partial charge is 0.248 e. The van der Waals surface area contributed by atoms with Crippen LogP contribution in [0.15, 0.2) is 145 Å². The Balaban J connectivity index is 1.13. The number of hydrogen-bond acceptors (Lipinski definition) is 6. The molecule has 0 aliphatic rings. The fraction of sp³-hybridized carbons (Fsp3) is 0.175. The zero-order valence-corrected chi connectivity index (χ0v) is 26.6. The van der Waals surface area contributed by atoms with E-state index < -0.39 is 6.10 Å². The van der Waals surface area contributed by atoms with Crippen molar-refractivity contribution in [2.75, 3.05) is 25.5 Å². The zero-order valence-electron chi connectivity index (χ0n) is 26.6. The predicted molar refractivity (Wildman–Crippen MR) is 192 cm³/mol. The average molecular weight is 628 g/mol. The second-order valence-corrected chi connectivity index (χ2v) is 11.1. The first-order chi connectivity index (χ1) is 23.1. The molecule has 0 amide bonds. The molecule has 47 heavy (non-hydrogen) atoms. The van der Waals surface area contributed by atoms with Crippen LogP contribution in [0.2, 0.25) is 0 Å². The Labute approximate surface area is 275 Å². The number of methoxy groups -OCH3 is 1. The molecule has 240 valence electrons. The van der Waals surface area contributed by atoms with Crippen LogP contribution in [0, 0.1) is 0 Å². The van der Waals surface area contributed by atoms with Gasteiger partial charge >= 0.3 is 0 Å². The van der Waals surface area contributed by atoms with Crippen LogP contribution in [-0.2, 0) is 6.61 Å². The Bertz CT molecular complexity index is 1880. The number of aliphatic hydroxyl groups excluding tert-OH is 1. The third kappa shape index (κ3) is 9.10. The Hall–Kier alpha value is -5.37. The highest BCUT2D eigenvalue weighted by molar-refractivity contribution is 5.87. The maximum absolute atomic E-state index is 12.1. The van der Waals surface area contributed by atoms with E-state index >= 15 is 0 Å². The number of fused-ring (bicyclic) bond motifs is 1. The summed E-state index contributed by atoms with van der Waals surface area (Å²) >= 11 is 0. The molecule has 0 radical (unpaired) electrons. The van der Waals surface area contributed by atoms with Crippen molar-refractivity contribution in [3.8, 4) is 22.6 Å². The summed E-state index contributed by atoms with van der Waals surface area (Å²) in [7, 11) is 1.68. The lowest BCUT2D eigenvalue weighted by atomic mass is 10.0. The normalized spacial score (nSPS) is 12.3. The fourth-order valence-corrected chi connectivity index (χ4v) is 5.36. The van der Waals surface area contributed by atoms with Gasteiger partial charge in [-0.1, -0.05) is 85.5 Å². The summed E-state index contributed by atoms with van der Waals surface area (Å²) in [5.41, 5.74) is 6.10. The minimum absolute atomic E-state index is 0.220. The van der Waals surface area contributed by atoms with Crippen molar-refractivity contribution < 1.29 is 14.6 Å². The summed E-state index contributed by atoms with van der Waals surface area (Å²) in [6, 6.07) is 33.0. The minimum atomic E-state index is -0.751. The van der Waals surface area contributed by atoms with Gasteiger partial charge in [0.1, 0.15) is 18.1 Å². The number of nitrogens with one attached hydrogen (secondary N) is 3. The molecule has 1 heterocycles. The molecule has 0 saturated carbocycles. The van der Waals surface area contributed by atoms with Crippen molar-refractivity contribution in [3.05, 3.63) is 161 Å². The van der Waals surface area contributed by atoms with E-state index in [9.17, 15) is 9.90 Å². The van der Waals surface area contributed by atoms with E-state index in [1.54, 1.807) is 25.3 Å². The van der Waals surface area contributed by atoms with Gasteiger partial charge in [-0.3, -0.25) is 4.79 Å². The third-order valence-electron chi connectivity index (χ3n) is 7.72. The Morgan fingerprint density at radius 3 is 2.49 bits per heavy atom. The molecule has 7 nitrogen and oxygen atoms in total. The monoisotopic (exact) mass is 627 g/mol. The molecule has 1 aromatic heterocycles. The number of pyridine rings is 1. The SMILES string of the molecule is C=C/C=C(\C=C/CCCNCC(O)c1ccc(OCc2ccccc2)c2[nH]c(=O)ccc12)Nc1ccc(OC)c(-c2ccccc2)c1. The van der Waals surface area contributed by atoms with Crippen molar-refractivity contribution in [2.45, 2.75) is 25.6 Å². The highest BCUT2D eigenvalue weighted by atomic mass is 16.5. The molecule has 0 bridgehead atoms. The second-order valence-electron chi connectivity index (χ2n) is 11.1. The van der Waals surface area contributed by atoms with E-state index in [4.69, 9.17) is 9.47 Å². The van der Waals surface area contributed by atoms with Crippen LogP contribution in [0.1, 0.15) is 30.1 Å². The molecule has 1 unspecified atom stereocenters. The zero-order chi connectivity index (χ0) is 32.8. The van der Waals surface area contributed by atoms with Gasteiger partial charge in [-0.05, 0) is 78.6 Å². The summed E-state index contributed by atoms with van der Waals surface area (Å²) in [6.45, 7) is 5.36. The molecule has 0 saturated heterocycles. The summed E-state index contributed by atoms with van der Waals surface area (Å²) in [5.74, 6) is 1.39. The van der Waals surface area contributed by atoms with Crippen LogP contribution >= 0.6 is 0 Å². The Morgan fingerprint density at radius 2 is 1.72 bits per heavy atom. The summed E-state index contributed by atoms with van der Waals surface area (Å²) in [6.07, 6.45) is 8.88. The number of aliphatic hydroxyl groups is 1. The number of benzene rings is 4. The lowest BCUT2D eigenvalue weighted by molar-refractivity contribution is 0.176. The maximum Gasteiger partial charge on any atom is 0.248 e. The summed E-state index contributed by atoms with van der Waals surface area (Å²) in [5, 5.41) is 18.6. The lowest BCUT2D eigenvalue weighted by Crippen LogP contribution is -2.22. The molecule has 0 fully saturated rings. The van der Waals surface area contributed by atoms with Crippen molar-refractivity contribution in [1.29, 1.82) is 0 Å². The van der Waals surface area contributed by atoms with Crippen LogP contribution in [0.4, 0.5) is 5.69 Å². The number of anilines is 1. The molecule has 0 aliphatic heterocycles. The van der Waals surface area contributed by atoms with E-state index in [0.717, 1.165) is 64.2 Å². The van der Waals surface area contributed by atoms with E-state index in [2.05, 4.69) is 52.5 Å². The van der Waals surface area contributed by atoms with Gasteiger partial charge in [0.05, 0.1) is 18.7 Å². The van der Waals surface area contributed by atoms with E-state index in [1.165, 1.54) is 6.07 Å². The van der Waals surface area contributed by atoms with Crippen molar-refractivity contribution >= 4 is 16.6 Å². The number of allylic oxidation sites excluding steroid dienone is 4. The molecule has 5 rings (SSSR count). The molecule has 4 N–H and O–H groups in total. The molecule has 0 spiro atoms. The maximum atomic E-state index is 12.1. The number of aromatic amines is 1. The summed E-state index contributed by atoms with van der Waals surface area (Å²) in [4.78, 5) is 15.0. The fourth-order valence-electron chi connectivity index (χ4n) is 5.36. The molecule has 0 aliphatic carbocycles. The number of rotatable bonds is 16. The lowest BCUT2D eigenvalue weighted by Gasteiger charge is -2.17. The van der Waals surface area contributed by atoms with Gasteiger partial charge in [-0.15, -0.1) is 0 Å². The van der Waals surface area contributed by atoms with Crippen molar-refractivity contribution in [2.24, 2.45) is 0 Å². The van der Waals surface area contributed by atoms with Gasteiger partial charge in [0.15, 0.2) is 0 Å². The van der Waals surface area contributed by atoms with Crippen LogP contribution in [0.3, 0.4) is 0 Å². The van der Waals surface area contributed by atoms with Gasteiger partial charge in [-0.25, -0.2) is 0 Å². The number of H-pyrrole nitrogens is 1. The average Bonchev–Trinajstić information content (AvgIpc) is 3.10. The Kier molecular flexibility index (Phi) is 11.8. The topological polar surface area (TPSA) is 95.6 Å². The second kappa shape index (κ2) is 16.8. The van der Waals surface area contributed by atoms with Crippen molar-refractivity contribution in [3.63, 3.8) is 0 Å². The molecular weight excluding hydrogens is 586 g/mol. The van der Waals surface area contributed by atoms with Gasteiger partial charge in [0.2, 0.25) is 5.56 Å². The molecule has 4 aromatic carbocycles. The molecular formula is C40H41N3O4. The number of ether oxygens (including phenoxy) is 2. The van der Waals surface area contributed by atoms with E-state index in [1.807, 2.05) is 72.8 Å².